The van der Waals surface area contributed by atoms with E-state index in [0.717, 1.165) is 13.0 Å². The fourth-order valence-corrected chi connectivity index (χ4v) is 1.47. The minimum atomic E-state index is -0.435. The number of hydrogen-bond acceptors (Lipinski definition) is 3. The summed E-state index contributed by atoms with van der Waals surface area (Å²) in [6, 6.07) is 0. The largest absolute Gasteiger partial charge is 0.391 e. The van der Waals surface area contributed by atoms with E-state index in [1.54, 1.807) is 0 Å². The molecule has 1 amide bonds. The summed E-state index contributed by atoms with van der Waals surface area (Å²) in [5, 5.41) is 15.5. The van der Waals surface area contributed by atoms with Crippen LogP contribution in [0.2, 0.25) is 0 Å². The van der Waals surface area contributed by atoms with E-state index in [9.17, 15) is 9.90 Å². The molecule has 0 aromatic rings. The van der Waals surface area contributed by atoms with Crippen LogP contribution in [0, 0.1) is 11.8 Å². The molecule has 0 saturated carbocycles. The summed E-state index contributed by atoms with van der Waals surface area (Å²) >= 11 is 0. The lowest BCUT2D eigenvalue weighted by molar-refractivity contribution is -0.124. The zero-order valence-electron chi connectivity index (χ0n) is 10.9. The first-order chi connectivity index (χ1) is 7.47. The van der Waals surface area contributed by atoms with Gasteiger partial charge < -0.3 is 15.7 Å². The van der Waals surface area contributed by atoms with Crippen molar-refractivity contribution in [3.63, 3.8) is 0 Å². The van der Waals surface area contributed by atoms with Crippen molar-refractivity contribution >= 4 is 5.91 Å². The van der Waals surface area contributed by atoms with Gasteiger partial charge in [-0.3, -0.25) is 4.79 Å². The molecule has 0 aromatic heterocycles. The van der Waals surface area contributed by atoms with Crippen LogP contribution in [0.25, 0.3) is 0 Å². The number of aliphatic hydroxyl groups is 1. The van der Waals surface area contributed by atoms with E-state index in [4.69, 9.17) is 0 Å². The molecular formula is C12H26N2O2. The lowest BCUT2D eigenvalue weighted by Gasteiger charge is -2.16. The molecule has 4 nitrogen and oxygen atoms in total. The van der Waals surface area contributed by atoms with Crippen molar-refractivity contribution in [2.24, 2.45) is 11.8 Å². The summed E-state index contributed by atoms with van der Waals surface area (Å²) < 4.78 is 0. The maximum atomic E-state index is 11.6. The van der Waals surface area contributed by atoms with Gasteiger partial charge in [-0.2, -0.15) is 0 Å². The zero-order valence-corrected chi connectivity index (χ0v) is 10.9. The van der Waals surface area contributed by atoms with E-state index >= 15 is 0 Å². The lowest BCUT2D eigenvalue weighted by Crippen LogP contribution is -2.39. The second-order valence-corrected chi connectivity index (χ2v) is 4.74. The Balaban J connectivity index is 3.70. The van der Waals surface area contributed by atoms with Crippen molar-refractivity contribution in [2.45, 2.75) is 40.2 Å². The Hall–Kier alpha value is -0.610. The molecule has 0 heterocycles. The highest BCUT2D eigenvalue weighted by atomic mass is 16.3. The van der Waals surface area contributed by atoms with Crippen LogP contribution in [-0.4, -0.2) is 36.8 Å². The summed E-state index contributed by atoms with van der Waals surface area (Å²) in [5.74, 6) is 0.404. The predicted octanol–water partition coefficient (Wildman–Crippen LogP) is 0.755. The topological polar surface area (TPSA) is 61.4 Å². The number of amides is 1. The van der Waals surface area contributed by atoms with E-state index in [-0.39, 0.29) is 11.8 Å². The highest BCUT2D eigenvalue weighted by Crippen LogP contribution is 2.03. The van der Waals surface area contributed by atoms with Crippen molar-refractivity contribution in [1.29, 1.82) is 0 Å². The highest BCUT2D eigenvalue weighted by Gasteiger charge is 2.14. The molecule has 0 aromatic carbocycles. The standard InChI is InChI=1S/C12H26N2O2/c1-5-13-7-10(4)12(16)14-8-11(15)6-9(2)3/h9-11,13,15H,5-8H2,1-4H3,(H,14,16). The van der Waals surface area contributed by atoms with Gasteiger partial charge in [0.2, 0.25) is 5.91 Å². The first-order valence-electron chi connectivity index (χ1n) is 6.13. The van der Waals surface area contributed by atoms with Gasteiger partial charge in [0.25, 0.3) is 0 Å². The Bertz CT molecular complexity index is 195. The van der Waals surface area contributed by atoms with Crippen LogP contribution in [0.15, 0.2) is 0 Å². The molecule has 0 fully saturated rings. The number of rotatable bonds is 8. The minimum absolute atomic E-state index is 0.00348. The molecule has 2 unspecified atom stereocenters. The predicted molar refractivity (Wildman–Crippen MR) is 66.2 cm³/mol. The molecule has 0 aliphatic heterocycles. The van der Waals surface area contributed by atoms with Crippen molar-refractivity contribution in [1.82, 2.24) is 10.6 Å². The molecule has 0 radical (unpaired) electrons. The van der Waals surface area contributed by atoms with Crippen molar-refractivity contribution in [2.75, 3.05) is 19.6 Å². The highest BCUT2D eigenvalue weighted by molar-refractivity contribution is 5.78. The van der Waals surface area contributed by atoms with E-state index in [0.29, 0.717) is 19.0 Å². The third-order valence-corrected chi connectivity index (χ3v) is 2.40. The average molecular weight is 230 g/mol. The maximum Gasteiger partial charge on any atom is 0.224 e. The fraction of sp³-hybridized carbons (Fsp3) is 0.917. The third kappa shape index (κ3) is 7.65. The van der Waals surface area contributed by atoms with Gasteiger partial charge >= 0.3 is 0 Å². The van der Waals surface area contributed by atoms with Gasteiger partial charge in [0.1, 0.15) is 0 Å². The molecular weight excluding hydrogens is 204 g/mol. The van der Waals surface area contributed by atoms with E-state index in [1.807, 2.05) is 13.8 Å². The summed E-state index contributed by atoms with van der Waals surface area (Å²) in [7, 11) is 0. The van der Waals surface area contributed by atoms with Gasteiger partial charge in [-0.15, -0.1) is 0 Å². The molecule has 0 spiro atoms. The second-order valence-electron chi connectivity index (χ2n) is 4.74. The lowest BCUT2D eigenvalue weighted by atomic mass is 10.1. The molecule has 3 N–H and O–H groups in total. The van der Waals surface area contributed by atoms with Crippen LogP contribution in [0.1, 0.15) is 34.1 Å². The number of hydrogen-bond donors (Lipinski definition) is 3. The van der Waals surface area contributed by atoms with Crippen molar-refractivity contribution < 1.29 is 9.90 Å². The molecule has 0 bridgehead atoms. The number of carbonyl (C=O) groups excluding carboxylic acids is 1. The molecule has 0 rings (SSSR count). The number of nitrogens with one attached hydrogen (secondary N) is 2. The molecule has 0 aliphatic rings. The summed E-state index contributed by atoms with van der Waals surface area (Å²) in [6.45, 7) is 9.91. The van der Waals surface area contributed by atoms with E-state index in [1.165, 1.54) is 0 Å². The first-order valence-corrected chi connectivity index (χ1v) is 6.13. The molecule has 4 heteroatoms. The van der Waals surface area contributed by atoms with Crippen molar-refractivity contribution in [3.8, 4) is 0 Å². The minimum Gasteiger partial charge on any atom is -0.391 e. The van der Waals surface area contributed by atoms with Gasteiger partial charge in [-0.05, 0) is 18.9 Å². The summed E-state index contributed by atoms with van der Waals surface area (Å²) in [6.07, 6.45) is 0.289. The molecule has 0 aliphatic carbocycles. The van der Waals surface area contributed by atoms with Crippen LogP contribution in [-0.2, 0) is 4.79 Å². The Morgan fingerprint density at radius 1 is 1.25 bits per heavy atom. The van der Waals surface area contributed by atoms with E-state index < -0.39 is 6.10 Å². The smallest absolute Gasteiger partial charge is 0.224 e. The molecule has 96 valence electrons. The number of carbonyl (C=O) groups is 1. The zero-order chi connectivity index (χ0) is 12.6. The third-order valence-electron chi connectivity index (χ3n) is 2.40. The fourth-order valence-electron chi connectivity index (χ4n) is 1.47. The Morgan fingerprint density at radius 3 is 2.38 bits per heavy atom. The monoisotopic (exact) mass is 230 g/mol. The Labute approximate surface area is 98.8 Å². The molecule has 2 atom stereocenters. The van der Waals surface area contributed by atoms with Gasteiger partial charge in [0.05, 0.1) is 6.10 Å². The van der Waals surface area contributed by atoms with Gasteiger partial charge in [0, 0.05) is 19.0 Å². The Morgan fingerprint density at radius 2 is 1.88 bits per heavy atom. The summed E-state index contributed by atoms with van der Waals surface area (Å²) in [4.78, 5) is 11.6. The van der Waals surface area contributed by atoms with Gasteiger partial charge in [-0.25, -0.2) is 0 Å². The number of aliphatic hydroxyl groups excluding tert-OH is 1. The maximum absolute atomic E-state index is 11.6. The summed E-state index contributed by atoms with van der Waals surface area (Å²) in [5.41, 5.74) is 0. The Kier molecular flexibility index (Phi) is 8.21. The second kappa shape index (κ2) is 8.53. The SMILES string of the molecule is CCNCC(C)C(=O)NCC(O)CC(C)C. The van der Waals surface area contributed by atoms with E-state index in [2.05, 4.69) is 24.5 Å². The van der Waals surface area contributed by atoms with Crippen LogP contribution < -0.4 is 10.6 Å². The quantitative estimate of drug-likeness (QED) is 0.577. The van der Waals surface area contributed by atoms with Gasteiger partial charge in [-0.1, -0.05) is 27.7 Å². The van der Waals surface area contributed by atoms with Crippen molar-refractivity contribution in [3.05, 3.63) is 0 Å². The van der Waals surface area contributed by atoms with Crippen LogP contribution in [0.5, 0.6) is 0 Å². The van der Waals surface area contributed by atoms with Gasteiger partial charge in [0.15, 0.2) is 0 Å². The molecule has 16 heavy (non-hydrogen) atoms. The first kappa shape index (κ1) is 15.4. The average Bonchev–Trinajstić information content (AvgIpc) is 2.21. The van der Waals surface area contributed by atoms with Crippen LogP contribution >= 0.6 is 0 Å². The van der Waals surface area contributed by atoms with Crippen LogP contribution in [0.3, 0.4) is 0 Å². The van der Waals surface area contributed by atoms with Crippen LogP contribution in [0.4, 0.5) is 0 Å². The molecule has 0 saturated heterocycles. The normalized spacial score (nSPS) is 14.9.